The number of carbonyl (C=O) groups is 1. The maximum atomic E-state index is 12.1. The van der Waals surface area contributed by atoms with Crippen molar-refractivity contribution in [3.8, 4) is 0 Å². The Bertz CT molecular complexity index is 747. The summed E-state index contributed by atoms with van der Waals surface area (Å²) in [7, 11) is 0. The first-order chi connectivity index (χ1) is 13.2. The maximum Gasteiger partial charge on any atom is 0.273 e. The van der Waals surface area contributed by atoms with Crippen LogP contribution in [-0.2, 0) is 6.42 Å². The van der Waals surface area contributed by atoms with Crippen LogP contribution in [0.2, 0.25) is 0 Å². The van der Waals surface area contributed by atoms with Crippen LogP contribution in [0, 0.1) is 0 Å². The van der Waals surface area contributed by atoms with E-state index in [9.17, 15) is 4.79 Å². The Kier molecular flexibility index (Phi) is 5.53. The number of hydrogen-bond acceptors (Lipinski definition) is 4. The third-order valence-electron chi connectivity index (χ3n) is 5.85. The van der Waals surface area contributed by atoms with Crippen LogP contribution < -0.4 is 5.32 Å². The summed E-state index contributed by atoms with van der Waals surface area (Å²) < 4.78 is 1.90. The van der Waals surface area contributed by atoms with Gasteiger partial charge in [-0.05, 0) is 51.0 Å². The molecule has 1 amide bonds. The van der Waals surface area contributed by atoms with Gasteiger partial charge in [0.2, 0.25) is 0 Å². The van der Waals surface area contributed by atoms with Gasteiger partial charge in [-0.3, -0.25) is 4.79 Å². The predicted molar refractivity (Wildman–Crippen MR) is 105 cm³/mol. The number of carbonyl (C=O) groups excluding carboxylic acids is 1. The molecule has 27 heavy (non-hydrogen) atoms. The summed E-state index contributed by atoms with van der Waals surface area (Å²) in [6, 6.07) is 12.0. The number of benzene rings is 1. The number of nitrogens with one attached hydrogen (secondary N) is 1. The molecule has 6 nitrogen and oxygen atoms in total. The van der Waals surface area contributed by atoms with Crippen molar-refractivity contribution in [1.29, 1.82) is 0 Å². The van der Waals surface area contributed by atoms with E-state index in [4.69, 9.17) is 0 Å². The van der Waals surface area contributed by atoms with Crippen LogP contribution in [0.5, 0.6) is 0 Å². The normalized spacial score (nSPS) is 19.7. The molecule has 6 heteroatoms. The van der Waals surface area contributed by atoms with Gasteiger partial charge in [0.15, 0.2) is 5.69 Å². The minimum atomic E-state index is -0.0873. The number of aromatic nitrogens is 3. The summed E-state index contributed by atoms with van der Waals surface area (Å²) in [6.45, 7) is 4.48. The van der Waals surface area contributed by atoms with E-state index in [0.29, 0.717) is 23.8 Å². The molecule has 1 atom stereocenters. The number of piperidine rings is 1. The van der Waals surface area contributed by atoms with Crippen molar-refractivity contribution < 1.29 is 4.79 Å². The Morgan fingerprint density at radius 1 is 1.19 bits per heavy atom. The van der Waals surface area contributed by atoms with Crippen LogP contribution in [0.25, 0.3) is 0 Å². The molecule has 0 bridgehead atoms. The molecule has 1 unspecified atom stereocenters. The summed E-state index contributed by atoms with van der Waals surface area (Å²) in [5.41, 5.74) is 1.86. The Morgan fingerprint density at radius 2 is 1.93 bits per heavy atom. The molecule has 1 N–H and O–H groups in total. The standard InChI is InChI=1S/C21H29N5O/c1-16(7-8-17-5-3-2-4-6-17)25-13-11-19(12-14-25)26-15-20(23-24-26)21(27)22-18-9-10-18/h2-6,15-16,18-19H,7-14H2,1H3,(H,22,27). The fourth-order valence-corrected chi connectivity index (χ4v) is 3.84. The van der Waals surface area contributed by atoms with Gasteiger partial charge in [-0.1, -0.05) is 35.5 Å². The molecule has 2 aliphatic rings. The van der Waals surface area contributed by atoms with E-state index in [1.165, 1.54) is 12.0 Å². The van der Waals surface area contributed by atoms with Crippen LogP contribution in [0.15, 0.2) is 36.5 Å². The fourth-order valence-electron chi connectivity index (χ4n) is 3.84. The van der Waals surface area contributed by atoms with E-state index < -0.39 is 0 Å². The van der Waals surface area contributed by atoms with E-state index in [1.807, 2.05) is 10.9 Å². The lowest BCUT2D eigenvalue weighted by atomic mass is 10.0. The molecule has 1 saturated carbocycles. The number of rotatable bonds is 7. The zero-order valence-electron chi connectivity index (χ0n) is 16.1. The number of amides is 1. The largest absolute Gasteiger partial charge is 0.348 e. The van der Waals surface area contributed by atoms with E-state index in [0.717, 1.165) is 45.2 Å². The van der Waals surface area contributed by atoms with Crippen molar-refractivity contribution in [2.75, 3.05) is 13.1 Å². The highest BCUT2D eigenvalue weighted by atomic mass is 16.2. The van der Waals surface area contributed by atoms with Crippen molar-refractivity contribution in [3.05, 3.63) is 47.8 Å². The molecular formula is C21H29N5O. The molecule has 1 aliphatic carbocycles. The van der Waals surface area contributed by atoms with Gasteiger partial charge in [0.1, 0.15) is 0 Å². The summed E-state index contributed by atoms with van der Waals surface area (Å²) in [4.78, 5) is 14.7. The number of hydrogen-bond donors (Lipinski definition) is 1. The highest BCUT2D eigenvalue weighted by Crippen LogP contribution is 2.24. The average molecular weight is 367 g/mol. The van der Waals surface area contributed by atoms with Gasteiger partial charge in [-0.25, -0.2) is 4.68 Å². The Morgan fingerprint density at radius 3 is 2.63 bits per heavy atom. The highest BCUT2D eigenvalue weighted by Gasteiger charge is 2.27. The minimum absolute atomic E-state index is 0.0873. The first kappa shape index (κ1) is 18.2. The van der Waals surface area contributed by atoms with Gasteiger partial charge >= 0.3 is 0 Å². The van der Waals surface area contributed by atoms with E-state index in [-0.39, 0.29) is 5.91 Å². The smallest absolute Gasteiger partial charge is 0.273 e. The number of likely N-dealkylation sites (tertiary alicyclic amines) is 1. The van der Waals surface area contributed by atoms with Crippen LogP contribution in [-0.4, -0.2) is 51.0 Å². The Balaban J connectivity index is 1.24. The van der Waals surface area contributed by atoms with E-state index >= 15 is 0 Å². The summed E-state index contributed by atoms with van der Waals surface area (Å²) >= 11 is 0. The second kappa shape index (κ2) is 8.21. The highest BCUT2D eigenvalue weighted by molar-refractivity contribution is 5.92. The maximum absolute atomic E-state index is 12.1. The molecule has 1 aromatic carbocycles. The zero-order valence-corrected chi connectivity index (χ0v) is 16.1. The average Bonchev–Trinajstić information content (AvgIpc) is 3.38. The monoisotopic (exact) mass is 367 g/mol. The molecule has 2 heterocycles. The van der Waals surface area contributed by atoms with E-state index in [1.54, 1.807) is 0 Å². The quantitative estimate of drug-likeness (QED) is 0.817. The molecule has 0 radical (unpaired) electrons. The number of aryl methyl sites for hydroxylation is 1. The summed E-state index contributed by atoms with van der Waals surface area (Å²) in [5.74, 6) is -0.0873. The first-order valence-corrected chi connectivity index (χ1v) is 10.2. The lowest BCUT2D eigenvalue weighted by Crippen LogP contribution is -2.40. The molecule has 1 aliphatic heterocycles. The fraction of sp³-hybridized carbons (Fsp3) is 0.571. The molecular weight excluding hydrogens is 338 g/mol. The summed E-state index contributed by atoms with van der Waals surface area (Å²) in [6.07, 6.45) is 8.41. The Hall–Kier alpha value is -2.21. The van der Waals surface area contributed by atoms with Gasteiger partial charge in [0.25, 0.3) is 5.91 Å². The zero-order chi connectivity index (χ0) is 18.6. The lowest BCUT2D eigenvalue weighted by molar-refractivity contribution is 0.0946. The molecule has 0 spiro atoms. The van der Waals surface area contributed by atoms with Gasteiger partial charge in [0.05, 0.1) is 12.2 Å². The molecule has 2 aromatic rings. The van der Waals surface area contributed by atoms with Crippen molar-refractivity contribution in [3.63, 3.8) is 0 Å². The van der Waals surface area contributed by atoms with Crippen molar-refractivity contribution >= 4 is 5.91 Å². The van der Waals surface area contributed by atoms with Crippen LogP contribution in [0.4, 0.5) is 0 Å². The van der Waals surface area contributed by atoms with E-state index in [2.05, 4.69) is 57.8 Å². The molecule has 4 rings (SSSR count). The minimum Gasteiger partial charge on any atom is -0.348 e. The van der Waals surface area contributed by atoms with Crippen molar-refractivity contribution in [1.82, 2.24) is 25.2 Å². The number of nitrogens with zero attached hydrogens (tertiary/aromatic N) is 4. The summed E-state index contributed by atoms with van der Waals surface area (Å²) in [5, 5.41) is 11.3. The lowest BCUT2D eigenvalue weighted by Gasteiger charge is -2.36. The van der Waals surface area contributed by atoms with Crippen LogP contribution >= 0.6 is 0 Å². The second-order valence-corrected chi connectivity index (χ2v) is 7.97. The van der Waals surface area contributed by atoms with Gasteiger partial charge in [-0.15, -0.1) is 5.10 Å². The third kappa shape index (κ3) is 4.75. The molecule has 1 aromatic heterocycles. The van der Waals surface area contributed by atoms with Crippen LogP contribution in [0.1, 0.15) is 61.1 Å². The topological polar surface area (TPSA) is 63.1 Å². The SMILES string of the molecule is CC(CCc1ccccc1)N1CCC(n2cc(C(=O)NC3CC3)nn2)CC1. The van der Waals surface area contributed by atoms with Gasteiger partial charge in [0, 0.05) is 25.2 Å². The van der Waals surface area contributed by atoms with Crippen molar-refractivity contribution in [2.24, 2.45) is 0 Å². The first-order valence-electron chi connectivity index (χ1n) is 10.2. The third-order valence-corrected chi connectivity index (χ3v) is 5.85. The predicted octanol–water partition coefficient (Wildman–Crippen LogP) is 2.83. The van der Waals surface area contributed by atoms with Gasteiger partial charge in [-0.2, -0.15) is 0 Å². The molecule has 2 fully saturated rings. The molecule has 144 valence electrons. The van der Waals surface area contributed by atoms with Gasteiger partial charge < -0.3 is 10.2 Å². The van der Waals surface area contributed by atoms with Crippen molar-refractivity contribution in [2.45, 2.75) is 63.6 Å². The van der Waals surface area contributed by atoms with Crippen LogP contribution in [0.3, 0.4) is 0 Å². The molecule has 1 saturated heterocycles. The Labute approximate surface area is 160 Å². The second-order valence-electron chi connectivity index (χ2n) is 7.97.